The van der Waals surface area contributed by atoms with Crippen LogP contribution in [0.1, 0.15) is 12.8 Å². The van der Waals surface area contributed by atoms with E-state index >= 15 is 0 Å². The first-order valence-corrected chi connectivity index (χ1v) is 7.59. The van der Waals surface area contributed by atoms with Crippen molar-refractivity contribution >= 4 is 11.6 Å². The molecule has 23 heavy (non-hydrogen) atoms. The summed E-state index contributed by atoms with van der Waals surface area (Å²) in [5.41, 5.74) is 0.723. The van der Waals surface area contributed by atoms with E-state index in [1.807, 2.05) is 48.5 Å². The van der Waals surface area contributed by atoms with Gasteiger partial charge in [-0.1, -0.05) is 36.9 Å². The zero-order chi connectivity index (χ0) is 16.3. The van der Waals surface area contributed by atoms with E-state index in [1.54, 1.807) is 12.1 Å². The lowest BCUT2D eigenvalue weighted by atomic mass is 10.2. The van der Waals surface area contributed by atoms with E-state index in [2.05, 4.69) is 11.9 Å². The fourth-order valence-electron chi connectivity index (χ4n) is 1.98. The minimum Gasteiger partial charge on any atom is -0.494 e. The van der Waals surface area contributed by atoms with Gasteiger partial charge in [0.1, 0.15) is 18.1 Å². The predicted molar refractivity (Wildman–Crippen MR) is 91.9 cm³/mol. The zero-order valence-electron chi connectivity index (χ0n) is 13.0. The van der Waals surface area contributed by atoms with Crippen molar-refractivity contribution in [2.45, 2.75) is 12.8 Å². The van der Waals surface area contributed by atoms with Crippen LogP contribution in [-0.4, -0.2) is 19.1 Å². The maximum Gasteiger partial charge on any atom is 0.224 e. The molecule has 2 aromatic rings. The second kappa shape index (κ2) is 9.30. The van der Waals surface area contributed by atoms with Crippen molar-refractivity contribution in [3.8, 4) is 11.5 Å². The van der Waals surface area contributed by atoms with Gasteiger partial charge in [-0.25, -0.2) is 0 Å². The molecule has 1 amide bonds. The highest BCUT2D eigenvalue weighted by Gasteiger charge is 2.04. The topological polar surface area (TPSA) is 47.6 Å². The van der Waals surface area contributed by atoms with Crippen LogP contribution in [0.5, 0.6) is 11.5 Å². The molecule has 2 rings (SSSR count). The van der Waals surface area contributed by atoms with Crippen molar-refractivity contribution < 1.29 is 14.3 Å². The molecule has 0 unspecified atom stereocenters. The van der Waals surface area contributed by atoms with Gasteiger partial charge in [-0.3, -0.25) is 4.79 Å². The second-order valence-electron chi connectivity index (χ2n) is 4.94. The van der Waals surface area contributed by atoms with Crippen molar-refractivity contribution in [3.05, 3.63) is 67.3 Å². The maximum atomic E-state index is 11.9. The fourth-order valence-corrected chi connectivity index (χ4v) is 1.98. The molecular weight excluding hydrogens is 290 g/mol. The molecule has 0 saturated heterocycles. The summed E-state index contributed by atoms with van der Waals surface area (Å²) in [6, 6.07) is 16.9. The van der Waals surface area contributed by atoms with Crippen LogP contribution in [0.25, 0.3) is 0 Å². The summed E-state index contributed by atoms with van der Waals surface area (Å²) in [4.78, 5) is 11.9. The van der Waals surface area contributed by atoms with Crippen molar-refractivity contribution in [1.82, 2.24) is 0 Å². The summed E-state index contributed by atoms with van der Waals surface area (Å²) < 4.78 is 11.0. The number of anilines is 1. The number of benzene rings is 2. The molecule has 0 aliphatic rings. The van der Waals surface area contributed by atoms with Gasteiger partial charge in [-0.2, -0.15) is 0 Å². The average molecular weight is 311 g/mol. The van der Waals surface area contributed by atoms with E-state index in [0.717, 1.165) is 11.4 Å². The molecule has 0 heterocycles. The first-order valence-electron chi connectivity index (χ1n) is 7.59. The Morgan fingerprint density at radius 3 is 2.61 bits per heavy atom. The third kappa shape index (κ3) is 6.26. The summed E-state index contributed by atoms with van der Waals surface area (Å²) in [7, 11) is 0. The number of ether oxygens (including phenoxy) is 2. The smallest absolute Gasteiger partial charge is 0.224 e. The van der Waals surface area contributed by atoms with Crippen molar-refractivity contribution in [3.63, 3.8) is 0 Å². The first-order chi connectivity index (χ1) is 11.3. The molecule has 0 aliphatic carbocycles. The number of para-hydroxylation sites is 1. The number of carbonyl (C=O) groups is 1. The average Bonchev–Trinajstić information content (AvgIpc) is 2.58. The lowest BCUT2D eigenvalue weighted by Crippen LogP contribution is -2.12. The number of hydrogen-bond donors (Lipinski definition) is 1. The van der Waals surface area contributed by atoms with Gasteiger partial charge >= 0.3 is 0 Å². The summed E-state index contributed by atoms with van der Waals surface area (Å²) >= 11 is 0. The van der Waals surface area contributed by atoms with Crippen molar-refractivity contribution in [2.75, 3.05) is 18.5 Å². The summed E-state index contributed by atoms with van der Waals surface area (Å²) in [5.74, 6) is 1.48. The predicted octanol–water partition coefficient (Wildman–Crippen LogP) is 4.05. The molecule has 1 N–H and O–H groups in total. The van der Waals surface area contributed by atoms with Crippen LogP contribution in [0.2, 0.25) is 0 Å². The van der Waals surface area contributed by atoms with Crippen LogP contribution in [-0.2, 0) is 4.79 Å². The van der Waals surface area contributed by atoms with Crippen molar-refractivity contribution in [1.29, 1.82) is 0 Å². The number of hydrogen-bond acceptors (Lipinski definition) is 3. The van der Waals surface area contributed by atoms with E-state index in [1.165, 1.54) is 0 Å². The van der Waals surface area contributed by atoms with Crippen LogP contribution in [0.15, 0.2) is 67.3 Å². The number of nitrogens with one attached hydrogen (secondary N) is 1. The lowest BCUT2D eigenvalue weighted by Gasteiger charge is -2.09. The third-order valence-electron chi connectivity index (χ3n) is 3.05. The standard InChI is InChI=1S/C19H21NO3/c1-2-13-22-18-11-6-8-16(15-18)20-19(21)12-7-14-23-17-9-4-3-5-10-17/h2-6,8-11,15H,1,7,12-14H2,(H,20,21). The van der Waals surface area contributed by atoms with Crippen LogP contribution in [0, 0.1) is 0 Å². The monoisotopic (exact) mass is 311 g/mol. The molecule has 0 spiro atoms. The molecule has 0 saturated carbocycles. The number of amides is 1. The minimum absolute atomic E-state index is 0.0393. The Morgan fingerprint density at radius 1 is 1.04 bits per heavy atom. The molecule has 0 aromatic heterocycles. The highest BCUT2D eigenvalue weighted by molar-refractivity contribution is 5.90. The Balaban J connectivity index is 1.71. The second-order valence-corrected chi connectivity index (χ2v) is 4.94. The van der Waals surface area contributed by atoms with E-state index in [4.69, 9.17) is 9.47 Å². The fraction of sp³-hybridized carbons (Fsp3) is 0.211. The van der Waals surface area contributed by atoms with Gasteiger partial charge in [-0.05, 0) is 30.7 Å². The Bertz CT molecular complexity index is 626. The van der Waals surface area contributed by atoms with Gasteiger partial charge < -0.3 is 14.8 Å². The minimum atomic E-state index is -0.0393. The lowest BCUT2D eigenvalue weighted by molar-refractivity contribution is -0.116. The van der Waals surface area contributed by atoms with Gasteiger partial charge in [0.25, 0.3) is 0 Å². The van der Waals surface area contributed by atoms with Gasteiger partial charge in [0.05, 0.1) is 6.61 Å². The molecule has 4 nitrogen and oxygen atoms in total. The third-order valence-corrected chi connectivity index (χ3v) is 3.05. The first kappa shape index (κ1) is 16.6. The van der Waals surface area contributed by atoms with E-state index in [0.29, 0.717) is 31.8 Å². The summed E-state index contributed by atoms with van der Waals surface area (Å²) in [5, 5.41) is 2.86. The molecular formula is C19H21NO3. The molecule has 120 valence electrons. The number of rotatable bonds is 9. The quantitative estimate of drug-likeness (QED) is 0.561. The summed E-state index contributed by atoms with van der Waals surface area (Å²) in [6.45, 7) is 4.56. The van der Waals surface area contributed by atoms with Crippen LogP contribution >= 0.6 is 0 Å². The Kier molecular flexibility index (Phi) is 6.72. The number of carbonyl (C=O) groups excluding carboxylic acids is 1. The molecule has 0 aliphatic heterocycles. The van der Waals surface area contributed by atoms with Crippen LogP contribution in [0.3, 0.4) is 0 Å². The molecule has 0 fully saturated rings. The van der Waals surface area contributed by atoms with Crippen molar-refractivity contribution in [2.24, 2.45) is 0 Å². The molecule has 0 radical (unpaired) electrons. The van der Waals surface area contributed by atoms with Gasteiger partial charge in [0, 0.05) is 18.2 Å². The van der Waals surface area contributed by atoms with E-state index in [-0.39, 0.29) is 5.91 Å². The highest BCUT2D eigenvalue weighted by Crippen LogP contribution is 2.17. The normalized spacial score (nSPS) is 9.91. The molecule has 2 aromatic carbocycles. The zero-order valence-corrected chi connectivity index (χ0v) is 13.0. The Hall–Kier alpha value is -2.75. The van der Waals surface area contributed by atoms with Gasteiger partial charge in [0.2, 0.25) is 5.91 Å². The SMILES string of the molecule is C=CCOc1cccc(NC(=O)CCCOc2ccccc2)c1. The molecule has 0 atom stereocenters. The summed E-state index contributed by atoms with van der Waals surface area (Å²) in [6.07, 6.45) is 2.75. The van der Waals surface area contributed by atoms with Gasteiger partial charge in [-0.15, -0.1) is 0 Å². The van der Waals surface area contributed by atoms with E-state index in [9.17, 15) is 4.79 Å². The van der Waals surface area contributed by atoms with E-state index < -0.39 is 0 Å². The van der Waals surface area contributed by atoms with Crippen LogP contribution < -0.4 is 14.8 Å². The van der Waals surface area contributed by atoms with Crippen LogP contribution in [0.4, 0.5) is 5.69 Å². The molecule has 0 bridgehead atoms. The Morgan fingerprint density at radius 2 is 1.83 bits per heavy atom. The maximum absolute atomic E-state index is 11.9. The molecule has 4 heteroatoms. The highest BCUT2D eigenvalue weighted by atomic mass is 16.5. The Labute approximate surface area is 136 Å². The largest absolute Gasteiger partial charge is 0.494 e. The van der Waals surface area contributed by atoms with Gasteiger partial charge in [0.15, 0.2) is 0 Å².